The Hall–Kier alpha value is -4.59. The molecule has 2 heterocycles. The minimum Gasteiger partial charge on any atom is -0.399 e. The van der Waals surface area contributed by atoms with Crippen molar-refractivity contribution in [1.29, 1.82) is 5.26 Å². The van der Waals surface area contributed by atoms with Crippen molar-refractivity contribution in [2.24, 2.45) is 0 Å². The zero-order valence-electron chi connectivity index (χ0n) is 18.7. The van der Waals surface area contributed by atoms with Crippen molar-refractivity contribution in [1.82, 2.24) is 4.57 Å². The Labute approximate surface area is 205 Å². The van der Waals surface area contributed by atoms with Gasteiger partial charge in [-0.25, -0.2) is 0 Å². The van der Waals surface area contributed by atoms with Crippen LogP contribution in [0.2, 0.25) is 0 Å². The van der Waals surface area contributed by atoms with Crippen molar-refractivity contribution < 1.29 is 0 Å². The van der Waals surface area contributed by atoms with Gasteiger partial charge in [-0.3, -0.25) is 0 Å². The molecule has 0 unspecified atom stereocenters. The molecule has 164 valence electrons. The Bertz CT molecular complexity index is 1930. The van der Waals surface area contributed by atoms with E-state index >= 15 is 0 Å². The van der Waals surface area contributed by atoms with Crippen molar-refractivity contribution in [3.63, 3.8) is 0 Å². The van der Waals surface area contributed by atoms with Crippen LogP contribution in [0.25, 0.3) is 58.8 Å². The minimum absolute atomic E-state index is 0.661. The van der Waals surface area contributed by atoms with E-state index in [9.17, 15) is 5.26 Å². The molecule has 2 N–H and O–H groups in total. The number of hydrogen-bond acceptors (Lipinski definition) is 3. The maximum absolute atomic E-state index is 10.1. The molecule has 7 rings (SSSR count). The first-order valence-corrected chi connectivity index (χ1v) is 12.3. The summed E-state index contributed by atoms with van der Waals surface area (Å²) in [5.41, 5.74) is 12.7. The van der Waals surface area contributed by atoms with Crippen molar-refractivity contribution in [3.8, 4) is 22.9 Å². The zero-order chi connectivity index (χ0) is 23.5. The minimum atomic E-state index is 0.661. The summed E-state index contributed by atoms with van der Waals surface area (Å²) in [5.74, 6) is 0. The first-order chi connectivity index (χ1) is 17.2. The molecule has 0 amide bonds. The Morgan fingerprint density at radius 1 is 0.657 bits per heavy atom. The summed E-state index contributed by atoms with van der Waals surface area (Å²) in [6.07, 6.45) is 0. The molecule has 0 saturated carbocycles. The summed E-state index contributed by atoms with van der Waals surface area (Å²) in [6.45, 7) is 0. The van der Waals surface area contributed by atoms with Crippen LogP contribution in [0.5, 0.6) is 0 Å². The van der Waals surface area contributed by atoms with Crippen LogP contribution in [0, 0.1) is 11.3 Å². The van der Waals surface area contributed by atoms with E-state index in [1.165, 1.54) is 30.9 Å². The summed E-state index contributed by atoms with van der Waals surface area (Å²) < 4.78 is 4.65. The second-order valence-electron chi connectivity index (χ2n) is 8.75. The number of nitriles is 1. The number of fused-ring (bicyclic) bond motifs is 6. The lowest BCUT2D eigenvalue weighted by molar-refractivity contribution is 1.18. The largest absolute Gasteiger partial charge is 0.399 e. The Kier molecular flexibility index (Phi) is 4.23. The summed E-state index contributed by atoms with van der Waals surface area (Å²) >= 11 is 1.74. The molecule has 0 bridgehead atoms. The van der Waals surface area contributed by atoms with Crippen LogP contribution in [-0.4, -0.2) is 4.57 Å². The third-order valence-electron chi connectivity index (χ3n) is 6.77. The first kappa shape index (κ1) is 19.8. The van der Waals surface area contributed by atoms with Crippen molar-refractivity contribution >= 4 is 59.0 Å². The highest BCUT2D eigenvalue weighted by molar-refractivity contribution is 7.25. The van der Waals surface area contributed by atoms with E-state index in [2.05, 4.69) is 89.5 Å². The van der Waals surface area contributed by atoms with E-state index in [1.54, 1.807) is 11.3 Å². The van der Waals surface area contributed by atoms with Gasteiger partial charge in [0.25, 0.3) is 0 Å². The monoisotopic (exact) mass is 465 g/mol. The second kappa shape index (κ2) is 7.46. The smallest absolute Gasteiger partial charge is 0.0998 e. The topological polar surface area (TPSA) is 54.7 Å². The SMILES string of the molecule is N#Cc1cccc(-n2c3ccccc3c3ccccc32)c1-c1ccc2c(c1)sc1cc(N)ccc12. The lowest BCUT2D eigenvalue weighted by atomic mass is 9.97. The Balaban J connectivity index is 1.56. The first-order valence-electron chi connectivity index (χ1n) is 11.5. The van der Waals surface area contributed by atoms with Crippen molar-refractivity contribution in [2.75, 3.05) is 5.73 Å². The van der Waals surface area contributed by atoms with E-state index in [0.717, 1.165) is 33.5 Å². The maximum atomic E-state index is 10.1. The zero-order valence-corrected chi connectivity index (χ0v) is 19.5. The lowest BCUT2D eigenvalue weighted by Crippen LogP contribution is -1.99. The second-order valence-corrected chi connectivity index (χ2v) is 9.83. The standard InChI is InChI=1S/C31H19N3S/c32-18-20-6-5-11-28(34-26-9-3-1-7-22(26)23-8-2-4-10-27(23)34)31(20)19-12-14-24-25-15-13-21(33)17-30(25)35-29(24)16-19/h1-17H,33H2. The lowest BCUT2D eigenvalue weighted by Gasteiger charge is -2.15. The van der Waals surface area contributed by atoms with Gasteiger partial charge in [0.15, 0.2) is 0 Å². The van der Waals surface area contributed by atoms with Crippen LogP contribution < -0.4 is 5.73 Å². The number of para-hydroxylation sites is 2. The number of nitrogens with zero attached hydrogens (tertiary/aromatic N) is 2. The molecule has 35 heavy (non-hydrogen) atoms. The summed E-state index contributed by atoms with van der Waals surface area (Å²) in [7, 11) is 0. The normalized spacial score (nSPS) is 11.5. The summed E-state index contributed by atoms with van der Waals surface area (Å²) in [5, 5.41) is 14.9. The van der Waals surface area contributed by atoms with Gasteiger partial charge in [-0.15, -0.1) is 11.3 Å². The van der Waals surface area contributed by atoms with Crippen molar-refractivity contribution in [2.45, 2.75) is 0 Å². The van der Waals surface area contributed by atoms with Crippen LogP contribution >= 0.6 is 11.3 Å². The van der Waals surface area contributed by atoms with Gasteiger partial charge < -0.3 is 10.3 Å². The predicted octanol–water partition coefficient (Wildman–Crippen LogP) is 8.27. The number of benzene rings is 5. The molecule has 0 fully saturated rings. The molecule has 0 saturated heterocycles. The number of hydrogen-bond donors (Lipinski definition) is 1. The van der Waals surface area contributed by atoms with Crippen LogP contribution in [-0.2, 0) is 0 Å². The van der Waals surface area contributed by atoms with Crippen molar-refractivity contribution in [3.05, 3.63) is 109 Å². The van der Waals surface area contributed by atoms with Gasteiger partial charge in [-0.2, -0.15) is 5.26 Å². The molecule has 7 aromatic rings. The molecular formula is C31H19N3S. The molecule has 2 aromatic heterocycles. The molecule has 4 heteroatoms. The Morgan fingerprint density at radius 3 is 2.03 bits per heavy atom. The van der Waals surface area contributed by atoms with Gasteiger partial charge in [0.2, 0.25) is 0 Å². The third kappa shape index (κ3) is 2.89. The van der Waals surface area contributed by atoms with E-state index in [4.69, 9.17) is 5.73 Å². The van der Waals surface area contributed by atoms with E-state index < -0.39 is 0 Å². The molecule has 0 atom stereocenters. The van der Waals surface area contributed by atoms with Gasteiger partial charge in [-0.05, 0) is 48.0 Å². The highest BCUT2D eigenvalue weighted by Gasteiger charge is 2.18. The average Bonchev–Trinajstić information content (AvgIpc) is 3.42. The molecule has 0 aliphatic heterocycles. The predicted molar refractivity (Wildman–Crippen MR) is 148 cm³/mol. The fourth-order valence-corrected chi connectivity index (χ4v) is 6.45. The molecule has 0 aliphatic rings. The molecular weight excluding hydrogens is 446 g/mol. The van der Waals surface area contributed by atoms with Gasteiger partial charge in [-0.1, -0.05) is 60.7 Å². The molecule has 0 spiro atoms. The molecule has 3 nitrogen and oxygen atoms in total. The summed E-state index contributed by atoms with van der Waals surface area (Å²) in [4.78, 5) is 0. The highest BCUT2D eigenvalue weighted by atomic mass is 32.1. The maximum Gasteiger partial charge on any atom is 0.0998 e. The number of aromatic nitrogens is 1. The number of rotatable bonds is 2. The van der Waals surface area contributed by atoms with Crippen LogP contribution in [0.15, 0.2) is 103 Å². The number of nitrogens with two attached hydrogens (primary N) is 1. The van der Waals surface area contributed by atoms with Gasteiger partial charge in [0, 0.05) is 42.2 Å². The van der Waals surface area contributed by atoms with E-state index in [1.807, 2.05) is 24.3 Å². The van der Waals surface area contributed by atoms with Gasteiger partial charge in [0.1, 0.15) is 0 Å². The number of thiophene rings is 1. The fraction of sp³-hybridized carbons (Fsp3) is 0. The average molecular weight is 466 g/mol. The Morgan fingerprint density at radius 2 is 1.31 bits per heavy atom. The van der Waals surface area contributed by atoms with Gasteiger partial charge in [0.05, 0.1) is 28.4 Å². The summed E-state index contributed by atoms with van der Waals surface area (Å²) in [6, 6.07) is 38.0. The van der Waals surface area contributed by atoms with Gasteiger partial charge >= 0.3 is 0 Å². The molecule has 5 aromatic carbocycles. The quantitative estimate of drug-likeness (QED) is 0.261. The molecule has 0 radical (unpaired) electrons. The van der Waals surface area contributed by atoms with E-state index in [0.29, 0.717) is 5.56 Å². The van der Waals surface area contributed by atoms with Crippen LogP contribution in [0.3, 0.4) is 0 Å². The van der Waals surface area contributed by atoms with E-state index in [-0.39, 0.29) is 0 Å². The van der Waals surface area contributed by atoms with Crippen LogP contribution in [0.4, 0.5) is 5.69 Å². The highest BCUT2D eigenvalue weighted by Crippen LogP contribution is 2.41. The number of anilines is 1. The fourth-order valence-electron chi connectivity index (χ4n) is 5.25. The van der Waals surface area contributed by atoms with Crippen LogP contribution in [0.1, 0.15) is 5.56 Å². The molecule has 0 aliphatic carbocycles. The number of nitrogen functional groups attached to an aromatic ring is 1. The third-order valence-corrected chi connectivity index (χ3v) is 7.89.